The number of methoxy groups -OCH3 is 1. The number of aromatic nitrogens is 2. The molecule has 0 unspecified atom stereocenters. The molecular weight excluding hydrogens is 386 g/mol. The van der Waals surface area contributed by atoms with Crippen molar-refractivity contribution in [3.05, 3.63) is 72.2 Å². The Morgan fingerprint density at radius 2 is 1.97 bits per heavy atom. The Labute approximate surface area is 172 Å². The Balaban J connectivity index is 1.55. The Morgan fingerprint density at radius 3 is 2.77 bits per heavy atom. The second-order valence-corrected chi connectivity index (χ2v) is 6.36. The van der Waals surface area contributed by atoms with Crippen molar-refractivity contribution in [2.75, 3.05) is 19.0 Å². The molecule has 2 aromatic carbocycles. The van der Waals surface area contributed by atoms with Crippen LogP contribution in [-0.4, -0.2) is 35.4 Å². The van der Waals surface area contributed by atoms with Crippen LogP contribution < -0.4 is 10.1 Å². The summed E-state index contributed by atoms with van der Waals surface area (Å²) >= 11 is 0. The minimum Gasteiger partial charge on any atom is -0.493 e. The lowest BCUT2D eigenvalue weighted by molar-refractivity contribution is 0.0519. The molecule has 0 fully saturated rings. The van der Waals surface area contributed by atoms with Gasteiger partial charge in [-0.2, -0.15) is 5.10 Å². The predicted molar refractivity (Wildman–Crippen MR) is 110 cm³/mol. The van der Waals surface area contributed by atoms with Crippen molar-refractivity contribution in [3.63, 3.8) is 0 Å². The zero-order valence-corrected chi connectivity index (χ0v) is 16.4. The van der Waals surface area contributed by atoms with Gasteiger partial charge in [0.2, 0.25) is 0 Å². The van der Waals surface area contributed by atoms with Crippen molar-refractivity contribution in [1.29, 1.82) is 0 Å². The first kappa shape index (κ1) is 19.3. The molecule has 0 saturated carbocycles. The third-order valence-electron chi connectivity index (χ3n) is 4.39. The number of nitrogens with one attached hydrogen (secondary N) is 1. The van der Waals surface area contributed by atoms with E-state index in [1.807, 2.05) is 18.2 Å². The van der Waals surface area contributed by atoms with Gasteiger partial charge in [-0.25, -0.2) is 9.48 Å². The Bertz CT molecular complexity index is 1220. The first-order valence-electron chi connectivity index (χ1n) is 9.30. The zero-order chi connectivity index (χ0) is 21.1. The molecule has 8 heteroatoms. The summed E-state index contributed by atoms with van der Waals surface area (Å²) < 4.78 is 17.4. The summed E-state index contributed by atoms with van der Waals surface area (Å²) in [5.74, 6) is -0.146. The number of amides is 1. The van der Waals surface area contributed by atoms with Crippen molar-refractivity contribution in [3.8, 4) is 11.4 Å². The summed E-state index contributed by atoms with van der Waals surface area (Å²) in [7, 11) is 1.55. The highest BCUT2D eigenvalue weighted by molar-refractivity contribution is 6.05. The van der Waals surface area contributed by atoms with Crippen molar-refractivity contribution in [1.82, 2.24) is 9.78 Å². The lowest BCUT2D eigenvalue weighted by atomic mass is 10.2. The van der Waals surface area contributed by atoms with Gasteiger partial charge in [-0.1, -0.05) is 18.2 Å². The van der Waals surface area contributed by atoms with Gasteiger partial charge in [0.15, 0.2) is 22.8 Å². The molecule has 0 atom stereocenters. The van der Waals surface area contributed by atoms with Crippen LogP contribution >= 0.6 is 0 Å². The maximum atomic E-state index is 12.7. The standard InChI is InChI=1S/C22H19N3O5/c1-3-29-22(27)17-10-11-25(24-17)16-8-5-7-15(13-16)23-21(26)19-12-14-6-4-9-18(28-2)20(14)30-19/h4-13H,3H2,1-2H3,(H,23,26). The molecule has 2 aromatic heterocycles. The normalized spacial score (nSPS) is 10.7. The van der Waals surface area contributed by atoms with Crippen LogP contribution in [0, 0.1) is 0 Å². The van der Waals surface area contributed by atoms with E-state index in [0.29, 0.717) is 22.7 Å². The van der Waals surface area contributed by atoms with E-state index in [1.165, 1.54) is 4.68 Å². The maximum absolute atomic E-state index is 12.7. The third kappa shape index (κ3) is 3.75. The molecule has 0 aliphatic carbocycles. The van der Waals surface area contributed by atoms with Crippen LogP contribution in [0.15, 0.2) is 65.2 Å². The lowest BCUT2D eigenvalue weighted by Crippen LogP contribution is -2.11. The summed E-state index contributed by atoms with van der Waals surface area (Å²) in [5.41, 5.74) is 1.96. The molecule has 0 aliphatic rings. The number of furan rings is 1. The summed E-state index contributed by atoms with van der Waals surface area (Å²) in [5, 5.41) is 7.81. The molecule has 8 nitrogen and oxygen atoms in total. The molecule has 1 N–H and O–H groups in total. The summed E-state index contributed by atoms with van der Waals surface area (Å²) in [6.45, 7) is 2.01. The number of anilines is 1. The van der Waals surface area contributed by atoms with Crippen molar-refractivity contribution in [2.45, 2.75) is 6.92 Å². The minimum absolute atomic E-state index is 0.170. The average molecular weight is 405 g/mol. The number of carbonyl (C=O) groups is 2. The molecule has 2 heterocycles. The van der Waals surface area contributed by atoms with Gasteiger partial charge in [0.25, 0.3) is 5.91 Å². The van der Waals surface area contributed by atoms with E-state index in [4.69, 9.17) is 13.9 Å². The van der Waals surface area contributed by atoms with E-state index >= 15 is 0 Å². The largest absolute Gasteiger partial charge is 0.493 e. The second kappa shape index (κ2) is 8.12. The number of hydrogen-bond acceptors (Lipinski definition) is 6. The van der Waals surface area contributed by atoms with Gasteiger partial charge in [0.1, 0.15) is 0 Å². The quantitative estimate of drug-likeness (QED) is 0.486. The molecule has 1 amide bonds. The van der Waals surface area contributed by atoms with Gasteiger partial charge in [-0.15, -0.1) is 0 Å². The second-order valence-electron chi connectivity index (χ2n) is 6.36. The van der Waals surface area contributed by atoms with E-state index in [-0.39, 0.29) is 18.1 Å². The van der Waals surface area contributed by atoms with Gasteiger partial charge in [0, 0.05) is 17.3 Å². The van der Waals surface area contributed by atoms with Crippen LogP contribution in [-0.2, 0) is 4.74 Å². The first-order valence-corrected chi connectivity index (χ1v) is 9.30. The number of ether oxygens (including phenoxy) is 2. The van der Waals surface area contributed by atoms with Crippen molar-refractivity contribution in [2.24, 2.45) is 0 Å². The molecule has 0 spiro atoms. The van der Waals surface area contributed by atoms with Crippen LogP contribution in [0.25, 0.3) is 16.7 Å². The number of carbonyl (C=O) groups excluding carboxylic acids is 2. The average Bonchev–Trinajstić information content (AvgIpc) is 3.41. The van der Waals surface area contributed by atoms with Crippen molar-refractivity contribution < 1.29 is 23.5 Å². The summed E-state index contributed by atoms with van der Waals surface area (Å²) in [4.78, 5) is 24.5. The molecule has 0 aliphatic heterocycles. The molecule has 0 saturated heterocycles. The highest BCUT2D eigenvalue weighted by Crippen LogP contribution is 2.29. The maximum Gasteiger partial charge on any atom is 0.358 e. The van der Waals surface area contributed by atoms with E-state index in [1.54, 1.807) is 56.6 Å². The monoisotopic (exact) mass is 405 g/mol. The van der Waals surface area contributed by atoms with Gasteiger partial charge in [0.05, 0.1) is 19.4 Å². The van der Waals surface area contributed by atoms with E-state index in [2.05, 4.69) is 10.4 Å². The highest BCUT2D eigenvalue weighted by atomic mass is 16.5. The summed E-state index contributed by atoms with van der Waals surface area (Å²) in [6.07, 6.45) is 1.65. The minimum atomic E-state index is -0.485. The van der Waals surface area contributed by atoms with E-state index < -0.39 is 11.9 Å². The van der Waals surface area contributed by atoms with Crippen LogP contribution in [0.5, 0.6) is 5.75 Å². The van der Waals surface area contributed by atoms with Crippen LogP contribution in [0.2, 0.25) is 0 Å². The van der Waals surface area contributed by atoms with Crippen LogP contribution in [0.4, 0.5) is 5.69 Å². The third-order valence-corrected chi connectivity index (χ3v) is 4.39. The number of rotatable bonds is 6. The molecule has 4 aromatic rings. The number of nitrogens with zero attached hydrogens (tertiary/aromatic N) is 2. The topological polar surface area (TPSA) is 95.6 Å². The van der Waals surface area contributed by atoms with Gasteiger partial charge in [-0.05, 0) is 43.3 Å². The SMILES string of the molecule is CCOC(=O)c1ccn(-c2cccc(NC(=O)c3cc4cccc(OC)c4o3)c2)n1. The Morgan fingerprint density at radius 1 is 1.13 bits per heavy atom. The molecular formula is C22H19N3O5. The fourth-order valence-corrected chi connectivity index (χ4v) is 3.01. The number of para-hydroxylation sites is 1. The predicted octanol–water partition coefficient (Wildman–Crippen LogP) is 4.06. The fourth-order valence-electron chi connectivity index (χ4n) is 3.01. The van der Waals surface area contributed by atoms with Crippen LogP contribution in [0.1, 0.15) is 28.0 Å². The smallest absolute Gasteiger partial charge is 0.358 e. The number of benzene rings is 2. The van der Waals surface area contributed by atoms with Gasteiger partial charge < -0.3 is 19.2 Å². The Kier molecular flexibility index (Phi) is 5.21. The van der Waals surface area contributed by atoms with E-state index in [0.717, 1.165) is 5.39 Å². The molecule has 30 heavy (non-hydrogen) atoms. The fraction of sp³-hybridized carbons (Fsp3) is 0.136. The molecule has 4 rings (SSSR count). The van der Waals surface area contributed by atoms with Gasteiger partial charge in [-0.3, -0.25) is 4.79 Å². The number of fused-ring (bicyclic) bond motifs is 1. The Hall–Kier alpha value is -4.07. The molecule has 0 bridgehead atoms. The zero-order valence-electron chi connectivity index (χ0n) is 16.4. The molecule has 152 valence electrons. The van der Waals surface area contributed by atoms with Crippen molar-refractivity contribution >= 4 is 28.5 Å². The summed E-state index contributed by atoms with van der Waals surface area (Å²) in [6, 6.07) is 15.8. The molecule has 0 radical (unpaired) electrons. The van der Waals surface area contributed by atoms with Gasteiger partial charge >= 0.3 is 5.97 Å². The lowest BCUT2D eigenvalue weighted by Gasteiger charge is -2.06. The number of esters is 1. The number of hydrogen-bond donors (Lipinski definition) is 1. The first-order chi connectivity index (χ1) is 14.6. The van der Waals surface area contributed by atoms with E-state index in [9.17, 15) is 9.59 Å². The van der Waals surface area contributed by atoms with Crippen LogP contribution in [0.3, 0.4) is 0 Å². The highest BCUT2D eigenvalue weighted by Gasteiger charge is 2.16.